The molecule has 4 heteroatoms. The lowest BCUT2D eigenvalue weighted by molar-refractivity contribution is 0.0746. The van der Waals surface area contributed by atoms with Crippen molar-refractivity contribution in [3.63, 3.8) is 0 Å². The van der Waals surface area contributed by atoms with E-state index in [1.54, 1.807) is 0 Å². The van der Waals surface area contributed by atoms with Gasteiger partial charge in [0.15, 0.2) is 0 Å². The van der Waals surface area contributed by atoms with Crippen molar-refractivity contribution in [3.05, 3.63) is 63.6 Å². The summed E-state index contributed by atoms with van der Waals surface area (Å²) in [5.41, 5.74) is 4.63. The molecule has 1 aliphatic heterocycles. The number of halogens is 1. The molecule has 0 bridgehead atoms. The van der Waals surface area contributed by atoms with Crippen LogP contribution in [0.4, 0.5) is 5.69 Å². The summed E-state index contributed by atoms with van der Waals surface area (Å²) < 4.78 is 0.942. The molecule has 0 saturated carbocycles. The number of carbonyl (C=O) groups is 1. The fourth-order valence-electron chi connectivity index (χ4n) is 2.89. The lowest BCUT2D eigenvalue weighted by Gasteiger charge is -2.36. The minimum Gasteiger partial charge on any atom is -0.368 e. The van der Waals surface area contributed by atoms with Crippen LogP contribution in [-0.2, 0) is 0 Å². The van der Waals surface area contributed by atoms with Crippen molar-refractivity contribution >= 4 is 27.5 Å². The first-order valence-electron chi connectivity index (χ1n) is 7.91. The molecule has 0 unspecified atom stereocenters. The zero-order chi connectivity index (χ0) is 16.4. The zero-order valence-corrected chi connectivity index (χ0v) is 15.1. The lowest BCUT2D eigenvalue weighted by atomic mass is 10.1. The molecule has 1 amide bonds. The van der Waals surface area contributed by atoms with Gasteiger partial charge in [0.25, 0.3) is 5.91 Å². The third-order valence-corrected chi connectivity index (χ3v) is 4.99. The SMILES string of the molecule is Cc1ccc(N2CCN(C(=O)c3cccc(Br)c3)CC2)cc1C. The number of hydrogen-bond donors (Lipinski definition) is 0. The van der Waals surface area contributed by atoms with E-state index in [1.807, 2.05) is 29.2 Å². The zero-order valence-electron chi connectivity index (χ0n) is 13.6. The molecule has 23 heavy (non-hydrogen) atoms. The van der Waals surface area contributed by atoms with Gasteiger partial charge in [0.05, 0.1) is 0 Å². The number of rotatable bonds is 2. The van der Waals surface area contributed by atoms with Crippen molar-refractivity contribution in [1.29, 1.82) is 0 Å². The van der Waals surface area contributed by atoms with E-state index in [9.17, 15) is 4.79 Å². The second-order valence-corrected chi connectivity index (χ2v) is 6.97. The summed E-state index contributed by atoms with van der Waals surface area (Å²) in [6.07, 6.45) is 0. The van der Waals surface area contributed by atoms with Gasteiger partial charge in [-0.3, -0.25) is 4.79 Å². The third kappa shape index (κ3) is 3.58. The minimum atomic E-state index is 0.117. The smallest absolute Gasteiger partial charge is 0.254 e. The molecule has 0 aliphatic carbocycles. The summed E-state index contributed by atoms with van der Waals surface area (Å²) in [6, 6.07) is 14.2. The van der Waals surface area contributed by atoms with E-state index in [-0.39, 0.29) is 5.91 Å². The molecule has 1 heterocycles. The number of aryl methyl sites for hydroxylation is 2. The van der Waals surface area contributed by atoms with Gasteiger partial charge in [-0.05, 0) is 55.3 Å². The van der Waals surface area contributed by atoms with Crippen LogP contribution in [-0.4, -0.2) is 37.0 Å². The predicted molar refractivity (Wildman–Crippen MR) is 98.2 cm³/mol. The maximum absolute atomic E-state index is 12.6. The molecule has 120 valence electrons. The first-order valence-corrected chi connectivity index (χ1v) is 8.71. The van der Waals surface area contributed by atoms with Crippen LogP contribution in [0.25, 0.3) is 0 Å². The molecule has 1 fully saturated rings. The van der Waals surface area contributed by atoms with Crippen LogP contribution >= 0.6 is 15.9 Å². The summed E-state index contributed by atoms with van der Waals surface area (Å²) in [6.45, 7) is 7.56. The van der Waals surface area contributed by atoms with Crippen LogP contribution in [0.1, 0.15) is 21.5 Å². The van der Waals surface area contributed by atoms with Crippen LogP contribution < -0.4 is 4.90 Å². The van der Waals surface area contributed by atoms with E-state index in [1.165, 1.54) is 16.8 Å². The normalized spacial score (nSPS) is 14.9. The van der Waals surface area contributed by atoms with E-state index in [4.69, 9.17) is 0 Å². The number of hydrogen-bond acceptors (Lipinski definition) is 2. The molecule has 1 aliphatic rings. The molecular weight excluding hydrogens is 352 g/mol. The summed E-state index contributed by atoms with van der Waals surface area (Å²) in [7, 11) is 0. The Balaban J connectivity index is 1.66. The number of piperazine rings is 1. The molecule has 2 aromatic rings. The molecule has 1 saturated heterocycles. The predicted octanol–water partition coefficient (Wildman–Crippen LogP) is 4.03. The van der Waals surface area contributed by atoms with E-state index in [0.29, 0.717) is 0 Å². The van der Waals surface area contributed by atoms with Gasteiger partial charge in [0, 0.05) is 41.9 Å². The van der Waals surface area contributed by atoms with Gasteiger partial charge in [0.2, 0.25) is 0 Å². The van der Waals surface area contributed by atoms with Gasteiger partial charge in [0.1, 0.15) is 0 Å². The second kappa shape index (κ2) is 6.75. The van der Waals surface area contributed by atoms with Crippen LogP contribution in [0.5, 0.6) is 0 Å². The summed E-state index contributed by atoms with van der Waals surface area (Å²) in [5.74, 6) is 0.117. The van der Waals surface area contributed by atoms with E-state index >= 15 is 0 Å². The van der Waals surface area contributed by atoms with Gasteiger partial charge in [-0.2, -0.15) is 0 Å². The van der Waals surface area contributed by atoms with Gasteiger partial charge < -0.3 is 9.80 Å². The molecule has 0 N–H and O–H groups in total. The quantitative estimate of drug-likeness (QED) is 0.794. The average molecular weight is 373 g/mol. The number of carbonyl (C=O) groups excluding carboxylic acids is 1. The van der Waals surface area contributed by atoms with Crippen molar-refractivity contribution in [1.82, 2.24) is 4.90 Å². The highest BCUT2D eigenvalue weighted by Crippen LogP contribution is 2.21. The molecule has 3 rings (SSSR count). The highest BCUT2D eigenvalue weighted by atomic mass is 79.9. The monoisotopic (exact) mass is 372 g/mol. The second-order valence-electron chi connectivity index (χ2n) is 6.06. The minimum absolute atomic E-state index is 0.117. The molecular formula is C19H21BrN2O. The van der Waals surface area contributed by atoms with Crippen LogP contribution in [0.2, 0.25) is 0 Å². The van der Waals surface area contributed by atoms with E-state index < -0.39 is 0 Å². The van der Waals surface area contributed by atoms with Crippen molar-refractivity contribution in [3.8, 4) is 0 Å². The van der Waals surface area contributed by atoms with Crippen molar-refractivity contribution in [2.45, 2.75) is 13.8 Å². The highest BCUT2D eigenvalue weighted by Gasteiger charge is 2.22. The van der Waals surface area contributed by atoms with Crippen LogP contribution in [0, 0.1) is 13.8 Å². The topological polar surface area (TPSA) is 23.6 Å². The van der Waals surface area contributed by atoms with Crippen molar-refractivity contribution in [2.75, 3.05) is 31.1 Å². The Morgan fingerprint density at radius 3 is 2.35 bits per heavy atom. The number of amides is 1. The van der Waals surface area contributed by atoms with Gasteiger partial charge in [-0.1, -0.05) is 28.1 Å². The maximum atomic E-state index is 12.6. The number of benzene rings is 2. The Labute approximate surface area is 146 Å². The standard InChI is InChI=1S/C19H21BrN2O/c1-14-6-7-18(12-15(14)2)21-8-10-22(11-9-21)19(23)16-4-3-5-17(20)13-16/h3-7,12-13H,8-11H2,1-2H3. The first-order chi connectivity index (χ1) is 11.0. The molecule has 0 spiro atoms. The Morgan fingerprint density at radius 1 is 0.957 bits per heavy atom. The van der Waals surface area contributed by atoms with Crippen LogP contribution in [0.3, 0.4) is 0 Å². The maximum Gasteiger partial charge on any atom is 0.254 e. The molecule has 3 nitrogen and oxygen atoms in total. The molecule has 0 aromatic heterocycles. The number of nitrogens with zero attached hydrogens (tertiary/aromatic N) is 2. The third-order valence-electron chi connectivity index (χ3n) is 4.49. The van der Waals surface area contributed by atoms with Gasteiger partial charge >= 0.3 is 0 Å². The summed E-state index contributed by atoms with van der Waals surface area (Å²) >= 11 is 3.43. The largest absolute Gasteiger partial charge is 0.368 e. The Kier molecular flexibility index (Phi) is 4.71. The summed E-state index contributed by atoms with van der Waals surface area (Å²) in [4.78, 5) is 16.9. The molecule has 2 aromatic carbocycles. The Hall–Kier alpha value is -1.81. The van der Waals surface area contributed by atoms with E-state index in [2.05, 4.69) is 52.9 Å². The molecule has 0 atom stereocenters. The van der Waals surface area contributed by atoms with Gasteiger partial charge in [-0.25, -0.2) is 0 Å². The summed E-state index contributed by atoms with van der Waals surface area (Å²) in [5, 5.41) is 0. The number of anilines is 1. The van der Waals surface area contributed by atoms with Crippen LogP contribution in [0.15, 0.2) is 46.9 Å². The fraction of sp³-hybridized carbons (Fsp3) is 0.316. The van der Waals surface area contributed by atoms with Crippen molar-refractivity contribution < 1.29 is 4.79 Å². The average Bonchev–Trinajstić information content (AvgIpc) is 2.57. The Morgan fingerprint density at radius 2 is 1.70 bits per heavy atom. The van der Waals surface area contributed by atoms with Gasteiger partial charge in [-0.15, -0.1) is 0 Å². The van der Waals surface area contributed by atoms with E-state index in [0.717, 1.165) is 36.2 Å². The lowest BCUT2D eigenvalue weighted by Crippen LogP contribution is -2.48. The van der Waals surface area contributed by atoms with Crippen molar-refractivity contribution in [2.24, 2.45) is 0 Å². The Bertz CT molecular complexity index is 721. The molecule has 0 radical (unpaired) electrons. The fourth-order valence-corrected chi connectivity index (χ4v) is 3.29. The highest BCUT2D eigenvalue weighted by molar-refractivity contribution is 9.10. The first kappa shape index (κ1) is 16.1.